The van der Waals surface area contributed by atoms with Crippen molar-refractivity contribution in [3.63, 3.8) is 0 Å². The number of carboxylic acid groups (broad SMARTS) is 1. The van der Waals surface area contributed by atoms with Crippen LogP contribution in [0, 0.1) is 17.8 Å². The van der Waals surface area contributed by atoms with Gasteiger partial charge in [0.25, 0.3) is 0 Å². The smallest absolute Gasteiger partial charge is 0.308 e. The summed E-state index contributed by atoms with van der Waals surface area (Å²) in [7, 11) is 0. The summed E-state index contributed by atoms with van der Waals surface area (Å²) in [5, 5.41) is 8.92. The van der Waals surface area contributed by atoms with Crippen molar-refractivity contribution in [2.45, 2.75) is 32.7 Å². The average molecular weight is 171 g/mol. The van der Waals surface area contributed by atoms with E-state index in [0.29, 0.717) is 5.92 Å². The maximum absolute atomic E-state index is 10.8. The second-order valence-electron chi connectivity index (χ2n) is 4.01. The Bertz CT molecular complexity index is 179. The number of hydrogen-bond acceptors (Lipinski definition) is 2. The molecule has 3 nitrogen and oxygen atoms in total. The van der Waals surface area contributed by atoms with Gasteiger partial charge in [0.2, 0.25) is 0 Å². The number of nitrogens with two attached hydrogens (primary N) is 1. The largest absolute Gasteiger partial charge is 0.481 e. The minimum atomic E-state index is -0.723. The summed E-state index contributed by atoms with van der Waals surface area (Å²) in [5.41, 5.74) is 5.73. The fourth-order valence-corrected chi connectivity index (χ4v) is 2.18. The summed E-state index contributed by atoms with van der Waals surface area (Å²) >= 11 is 0. The van der Waals surface area contributed by atoms with E-state index in [0.717, 1.165) is 12.8 Å². The molecule has 0 saturated heterocycles. The Morgan fingerprint density at radius 3 is 2.42 bits per heavy atom. The third-order valence-electron chi connectivity index (χ3n) is 2.90. The van der Waals surface area contributed by atoms with Crippen molar-refractivity contribution in [3.05, 3.63) is 0 Å². The van der Waals surface area contributed by atoms with Crippen LogP contribution in [0.4, 0.5) is 0 Å². The zero-order valence-corrected chi connectivity index (χ0v) is 7.66. The summed E-state index contributed by atoms with van der Waals surface area (Å²) in [6.45, 7) is 4.14. The Hall–Kier alpha value is -0.570. The molecule has 0 aromatic heterocycles. The molecule has 1 saturated carbocycles. The molecule has 0 aromatic rings. The van der Waals surface area contributed by atoms with Crippen LogP contribution < -0.4 is 5.73 Å². The quantitative estimate of drug-likeness (QED) is 0.653. The molecule has 12 heavy (non-hydrogen) atoms. The highest BCUT2D eigenvalue weighted by Crippen LogP contribution is 2.36. The maximum Gasteiger partial charge on any atom is 0.308 e. The minimum Gasteiger partial charge on any atom is -0.481 e. The molecule has 3 heteroatoms. The zero-order chi connectivity index (χ0) is 9.30. The standard InChI is InChI=1S/C9H17NO2/c1-5(2)6-3-4-7(10)8(6)9(11)12/h5-8H,3-4,10H2,1-2H3,(H,11,12)/t6-,7+,8+/m1/s1. The summed E-state index contributed by atoms with van der Waals surface area (Å²) in [6, 6.07) is -0.130. The molecule has 0 heterocycles. The number of hydrogen-bond donors (Lipinski definition) is 2. The van der Waals surface area contributed by atoms with Gasteiger partial charge >= 0.3 is 5.97 Å². The highest BCUT2D eigenvalue weighted by molar-refractivity contribution is 5.71. The zero-order valence-electron chi connectivity index (χ0n) is 7.66. The van der Waals surface area contributed by atoms with Gasteiger partial charge < -0.3 is 10.8 Å². The van der Waals surface area contributed by atoms with E-state index in [-0.39, 0.29) is 17.9 Å². The van der Waals surface area contributed by atoms with Gasteiger partial charge in [-0.25, -0.2) is 0 Å². The van der Waals surface area contributed by atoms with Gasteiger partial charge in [-0.3, -0.25) is 4.79 Å². The van der Waals surface area contributed by atoms with Crippen LogP contribution in [0.3, 0.4) is 0 Å². The summed E-state index contributed by atoms with van der Waals surface area (Å²) in [4.78, 5) is 10.8. The lowest BCUT2D eigenvalue weighted by atomic mass is 9.85. The van der Waals surface area contributed by atoms with Gasteiger partial charge in [-0.2, -0.15) is 0 Å². The Labute approximate surface area is 72.9 Å². The van der Waals surface area contributed by atoms with E-state index < -0.39 is 5.97 Å². The molecule has 1 aliphatic rings. The molecule has 0 spiro atoms. The molecule has 0 bridgehead atoms. The van der Waals surface area contributed by atoms with E-state index in [2.05, 4.69) is 13.8 Å². The monoisotopic (exact) mass is 171 g/mol. The molecule has 0 unspecified atom stereocenters. The lowest BCUT2D eigenvalue weighted by Gasteiger charge is -2.21. The first-order valence-corrected chi connectivity index (χ1v) is 4.52. The van der Waals surface area contributed by atoms with Crippen LogP contribution >= 0.6 is 0 Å². The van der Waals surface area contributed by atoms with Gasteiger partial charge in [0.1, 0.15) is 0 Å². The first-order valence-electron chi connectivity index (χ1n) is 4.52. The molecule has 0 aromatic carbocycles. The third kappa shape index (κ3) is 1.61. The van der Waals surface area contributed by atoms with Crippen molar-refractivity contribution >= 4 is 5.97 Å². The van der Waals surface area contributed by atoms with Gasteiger partial charge in [0.15, 0.2) is 0 Å². The molecular weight excluding hydrogens is 154 g/mol. The molecule has 1 aliphatic carbocycles. The highest BCUT2D eigenvalue weighted by atomic mass is 16.4. The Balaban J connectivity index is 2.70. The van der Waals surface area contributed by atoms with Gasteiger partial charge in [0, 0.05) is 6.04 Å². The molecule has 1 fully saturated rings. The summed E-state index contributed by atoms with van der Waals surface area (Å²) in [5.74, 6) is -0.333. The summed E-state index contributed by atoms with van der Waals surface area (Å²) in [6.07, 6.45) is 1.83. The van der Waals surface area contributed by atoms with Crippen LogP contribution in [0.25, 0.3) is 0 Å². The van der Waals surface area contributed by atoms with Crippen LogP contribution in [0.5, 0.6) is 0 Å². The van der Waals surface area contributed by atoms with E-state index in [1.165, 1.54) is 0 Å². The van der Waals surface area contributed by atoms with Crippen molar-refractivity contribution in [1.82, 2.24) is 0 Å². The van der Waals surface area contributed by atoms with Crippen molar-refractivity contribution < 1.29 is 9.90 Å². The first-order chi connectivity index (χ1) is 5.54. The third-order valence-corrected chi connectivity index (χ3v) is 2.90. The number of rotatable bonds is 2. The Morgan fingerprint density at radius 1 is 1.50 bits per heavy atom. The van der Waals surface area contributed by atoms with E-state index >= 15 is 0 Å². The lowest BCUT2D eigenvalue weighted by Crippen LogP contribution is -2.35. The molecule has 0 amide bonds. The first kappa shape index (κ1) is 9.52. The van der Waals surface area contributed by atoms with Crippen molar-refractivity contribution in [2.24, 2.45) is 23.5 Å². The van der Waals surface area contributed by atoms with Crippen molar-refractivity contribution in [3.8, 4) is 0 Å². The minimum absolute atomic E-state index is 0.130. The van der Waals surface area contributed by atoms with E-state index in [1.807, 2.05) is 0 Å². The number of carbonyl (C=O) groups is 1. The van der Waals surface area contributed by atoms with E-state index in [4.69, 9.17) is 10.8 Å². The highest BCUT2D eigenvalue weighted by Gasteiger charge is 2.40. The van der Waals surface area contributed by atoms with Crippen LogP contribution in [0.1, 0.15) is 26.7 Å². The molecule has 0 aliphatic heterocycles. The normalized spacial score (nSPS) is 35.8. The molecule has 3 N–H and O–H groups in total. The fraction of sp³-hybridized carbons (Fsp3) is 0.889. The Kier molecular flexibility index (Phi) is 2.73. The van der Waals surface area contributed by atoms with Gasteiger partial charge in [-0.1, -0.05) is 13.8 Å². The average Bonchev–Trinajstić information content (AvgIpc) is 2.30. The van der Waals surface area contributed by atoms with E-state index in [1.54, 1.807) is 0 Å². The predicted octanol–water partition coefficient (Wildman–Crippen LogP) is 1.08. The molecular formula is C9H17NO2. The van der Waals surface area contributed by atoms with Crippen LogP contribution in [0.2, 0.25) is 0 Å². The maximum atomic E-state index is 10.8. The van der Waals surface area contributed by atoms with Crippen LogP contribution in [-0.4, -0.2) is 17.1 Å². The second-order valence-corrected chi connectivity index (χ2v) is 4.01. The summed E-state index contributed by atoms with van der Waals surface area (Å²) < 4.78 is 0. The second kappa shape index (κ2) is 3.44. The van der Waals surface area contributed by atoms with Crippen molar-refractivity contribution in [1.29, 1.82) is 0 Å². The van der Waals surface area contributed by atoms with Crippen LogP contribution in [-0.2, 0) is 4.79 Å². The van der Waals surface area contributed by atoms with E-state index in [9.17, 15) is 4.79 Å². The van der Waals surface area contributed by atoms with Gasteiger partial charge in [-0.05, 0) is 24.7 Å². The van der Waals surface area contributed by atoms with Crippen molar-refractivity contribution in [2.75, 3.05) is 0 Å². The molecule has 0 radical (unpaired) electrons. The SMILES string of the molecule is CC(C)[C@H]1CC[C@H](N)[C@H]1C(=O)O. The molecule has 70 valence electrons. The van der Waals surface area contributed by atoms with Gasteiger partial charge in [0.05, 0.1) is 5.92 Å². The van der Waals surface area contributed by atoms with Crippen LogP contribution in [0.15, 0.2) is 0 Å². The number of aliphatic carboxylic acids is 1. The van der Waals surface area contributed by atoms with Gasteiger partial charge in [-0.15, -0.1) is 0 Å². The lowest BCUT2D eigenvalue weighted by molar-refractivity contribution is -0.143. The molecule has 1 rings (SSSR count). The fourth-order valence-electron chi connectivity index (χ4n) is 2.18. The predicted molar refractivity (Wildman–Crippen MR) is 46.7 cm³/mol. The Morgan fingerprint density at radius 2 is 2.08 bits per heavy atom. The topological polar surface area (TPSA) is 63.3 Å². The number of carboxylic acids is 1. The molecule has 3 atom stereocenters.